The highest BCUT2D eigenvalue weighted by molar-refractivity contribution is 5.96. The average molecular weight is 361 g/mol. The third-order valence-electron chi connectivity index (χ3n) is 5.12. The number of rotatable bonds is 2. The number of ether oxygens (including phenoxy) is 2. The van der Waals surface area contributed by atoms with Crippen LogP contribution in [-0.4, -0.2) is 45.6 Å². The quantitative estimate of drug-likeness (QED) is 0.632. The molecule has 138 valence electrons. The number of carbonyl (C=O) groups is 1. The first kappa shape index (κ1) is 16.8. The summed E-state index contributed by atoms with van der Waals surface area (Å²) in [6, 6.07) is 4.21. The van der Waals surface area contributed by atoms with E-state index in [2.05, 4.69) is 5.10 Å². The van der Waals surface area contributed by atoms with E-state index < -0.39 is 22.7 Å². The predicted octanol–water partition coefficient (Wildman–Crippen LogP) is 1.61. The van der Waals surface area contributed by atoms with Crippen molar-refractivity contribution in [2.24, 2.45) is 16.9 Å². The smallest absolute Gasteiger partial charge is 0.270 e. The van der Waals surface area contributed by atoms with Gasteiger partial charge in [-0.25, -0.2) is 5.01 Å². The molecule has 1 fully saturated rings. The fourth-order valence-corrected chi connectivity index (χ4v) is 3.46. The van der Waals surface area contributed by atoms with E-state index in [4.69, 9.17) is 9.47 Å². The Kier molecular flexibility index (Phi) is 3.49. The van der Waals surface area contributed by atoms with Crippen molar-refractivity contribution in [1.82, 2.24) is 5.01 Å². The van der Waals surface area contributed by atoms with Crippen molar-refractivity contribution < 1.29 is 24.3 Å². The number of hydrogen-bond donors (Lipinski definition) is 1. The van der Waals surface area contributed by atoms with Crippen molar-refractivity contribution in [1.29, 1.82) is 0 Å². The molecule has 9 nitrogen and oxygen atoms in total. The van der Waals surface area contributed by atoms with Crippen molar-refractivity contribution in [3.63, 3.8) is 0 Å². The molecule has 0 bridgehead atoms. The molecule has 1 saturated carbocycles. The Labute approximate surface area is 149 Å². The molecule has 0 radical (unpaired) electrons. The third-order valence-corrected chi connectivity index (χ3v) is 5.12. The molecule has 1 aliphatic carbocycles. The van der Waals surface area contributed by atoms with Crippen molar-refractivity contribution in [3.8, 4) is 5.75 Å². The lowest BCUT2D eigenvalue weighted by atomic mass is 9.88. The number of non-ortho nitro benzene ring substituents is 1. The van der Waals surface area contributed by atoms with Gasteiger partial charge in [0.15, 0.2) is 6.10 Å². The first-order chi connectivity index (χ1) is 12.2. The van der Waals surface area contributed by atoms with Gasteiger partial charge in [-0.1, -0.05) is 0 Å². The van der Waals surface area contributed by atoms with Gasteiger partial charge >= 0.3 is 0 Å². The lowest BCUT2D eigenvalue weighted by Gasteiger charge is -2.42. The Morgan fingerprint density at radius 2 is 2.15 bits per heavy atom. The van der Waals surface area contributed by atoms with Gasteiger partial charge in [0.05, 0.1) is 10.8 Å². The minimum Gasteiger partial charge on any atom is -0.485 e. The normalized spacial score (nSPS) is 31.3. The van der Waals surface area contributed by atoms with E-state index in [1.165, 1.54) is 23.2 Å². The van der Waals surface area contributed by atoms with E-state index in [0.29, 0.717) is 23.6 Å². The Bertz CT molecular complexity index is 836. The van der Waals surface area contributed by atoms with Crippen LogP contribution in [0, 0.1) is 22.0 Å². The van der Waals surface area contributed by atoms with Crippen LogP contribution >= 0.6 is 0 Å². The van der Waals surface area contributed by atoms with E-state index in [0.717, 1.165) is 0 Å². The van der Waals surface area contributed by atoms with Gasteiger partial charge in [-0.2, -0.15) is 0 Å². The van der Waals surface area contributed by atoms with Gasteiger partial charge in [0.2, 0.25) is 11.8 Å². The summed E-state index contributed by atoms with van der Waals surface area (Å²) in [5, 5.41) is 27.3. The molecule has 26 heavy (non-hydrogen) atoms. The summed E-state index contributed by atoms with van der Waals surface area (Å²) in [4.78, 5) is 22.5. The second-order valence-electron chi connectivity index (χ2n) is 7.42. The van der Waals surface area contributed by atoms with Gasteiger partial charge in [0.1, 0.15) is 17.5 Å². The second kappa shape index (κ2) is 5.41. The molecular weight excluding hydrogens is 342 g/mol. The molecule has 4 atom stereocenters. The number of nitrogens with zero attached hydrogens (tertiary/aromatic N) is 3. The molecule has 9 heteroatoms. The molecular formula is C17H19N3O6. The SMILES string of the molecule is CN1N=C(O[C@H]2c3cc([N+](=O)[O-])ccc3OC(C)(C)[C@@H]2O)[C@@H]2C[C@@H]2C1=O. The second-order valence-corrected chi connectivity index (χ2v) is 7.42. The van der Waals surface area contributed by atoms with Gasteiger partial charge in [0, 0.05) is 30.7 Å². The summed E-state index contributed by atoms with van der Waals surface area (Å²) < 4.78 is 11.8. The van der Waals surface area contributed by atoms with Crippen molar-refractivity contribution in [3.05, 3.63) is 33.9 Å². The molecule has 0 spiro atoms. The van der Waals surface area contributed by atoms with E-state index >= 15 is 0 Å². The lowest BCUT2D eigenvalue weighted by Crippen LogP contribution is -2.50. The third kappa shape index (κ3) is 2.50. The highest BCUT2D eigenvalue weighted by Gasteiger charge is 2.54. The highest BCUT2D eigenvalue weighted by atomic mass is 16.6. The van der Waals surface area contributed by atoms with Crippen LogP contribution in [0.25, 0.3) is 0 Å². The Hall–Kier alpha value is -2.68. The van der Waals surface area contributed by atoms with Crippen LogP contribution in [0.3, 0.4) is 0 Å². The summed E-state index contributed by atoms with van der Waals surface area (Å²) in [7, 11) is 1.56. The summed E-state index contributed by atoms with van der Waals surface area (Å²) in [5.41, 5.74) is -0.672. The van der Waals surface area contributed by atoms with Crippen molar-refractivity contribution in [2.45, 2.75) is 38.1 Å². The lowest BCUT2D eigenvalue weighted by molar-refractivity contribution is -0.385. The van der Waals surface area contributed by atoms with Gasteiger partial charge in [-0.05, 0) is 26.3 Å². The molecule has 3 aliphatic rings. The number of benzene rings is 1. The molecule has 4 rings (SSSR count). The summed E-state index contributed by atoms with van der Waals surface area (Å²) in [6.45, 7) is 3.44. The molecule has 2 aliphatic heterocycles. The zero-order valence-corrected chi connectivity index (χ0v) is 14.6. The zero-order valence-electron chi connectivity index (χ0n) is 14.6. The average Bonchev–Trinajstić information content (AvgIpc) is 3.36. The van der Waals surface area contributed by atoms with Crippen LogP contribution in [-0.2, 0) is 9.53 Å². The zero-order chi connectivity index (χ0) is 18.8. The first-order valence-corrected chi connectivity index (χ1v) is 8.37. The van der Waals surface area contributed by atoms with Crippen LogP contribution in [0.15, 0.2) is 23.3 Å². The minimum atomic E-state index is -1.07. The molecule has 1 aromatic rings. The number of hydrogen-bond acceptors (Lipinski definition) is 7. The number of nitro groups is 1. The van der Waals surface area contributed by atoms with Gasteiger partial charge in [-0.3, -0.25) is 14.9 Å². The highest BCUT2D eigenvalue weighted by Crippen LogP contribution is 2.48. The number of aliphatic hydroxyl groups excluding tert-OH is 1. The number of nitro benzene ring substituents is 1. The first-order valence-electron chi connectivity index (χ1n) is 8.37. The number of carbonyl (C=O) groups excluding carboxylic acids is 1. The molecule has 1 N–H and O–H groups in total. The van der Waals surface area contributed by atoms with Gasteiger partial charge in [0.25, 0.3) is 5.69 Å². The Morgan fingerprint density at radius 1 is 1.42 bits per heavy atom. The maximum Gasteiger partial charge on any atom is 0.270 e. The summed E-state index contributed by atoms with van der Waals surface area (Å²) in [5.74, 6) is 0.507. The summed E-state index contributed by atoms with van der Waals surface area (Å²) >= 11 is 0. The van der Waals surface area contributed by atoms with Gasteiger partial charge in [-0.15, -0.1) is 5.10 Å². The maximum absolute atomic E-state index is 11.9. The molecule has 2 heterocycles. The number of aliphatic hydroxyl groups is 1. The molecule has 0 unspecified atom stereocenters. The van der Waals surface area contributed by atoms with E-state index in [-0.39, 0.29) is 23.4 Å². The Morgan fingerprint density at radius 3 is 2.85 bits per heavy atom. The fourth-order valence-electron chi connectivity index (χ4n) is 3.46. The van der Waals surface area contributed by atoms with Crippen LogP contribution in [0.5, 0.6) is 5.75 Å². The predicted molar refractivity (Wildman–Crippen MR) is 89.4 cm³/mol. The van der Waals surface area contributed by atoms with Crippen LogP contribution in [0.1, 0.15) is 31.9 Å². The van der Waals surface area contributed by atoms with E-state index in [9.17, 15) is 20.0 Å². The van der Waals surface area contributed by atoms with Crippen LogP contribution < -0.4 is 4.74 Å². The topological polar surface area (TPSA) is 114 Å². The number of hydrazone groups is 1. The molecule has 1 aromatic carbocycles. The fraction of sp³-hybridized carbons (Fsp3) is 0.529. The number of amides is 1. The summed E-state index contributed by atoms with van der Waals surface area (Å²) in [6.07, 6.45) is -1.29. The molecule has 1 amide bonds. The largest absolute Gasteiger partial charge is 0.485 e. The molecule has 0 aromatic heterocycles. The van der Waals surface area contributed by atoms with Crippen molar-refractivity contribution in [2.75, 3.05) is 7.05 Å². The Balaban J connectivity index is 1.73. The van der Waals surface area contributed by atoms with Crippen LogP contribution in [0.2, 0.25) is 0 Å². The molecule has 0 saturated heterocycles. The van der Waals surface area contributed by atoms with E-state index in [1.807, 2.05) is 0 Å². The standard InChI is InChI=1S/C17H19N3O6/c1-17(2)14(21)13(11-6-8(20(23)24)4-5-12(11)26-17)25-15-9-7-10(9)16(22)19(3)18-15/h4-6,9-10,13-14,21H,7H2,1-3H3/t9-,10+,13+,14-/m1/s1. The minimum absolute atomic E-state index is 0.0498. The van der Waals surface area contributed by atoms with Crippen LogP contribution in [0.4, 0.5) is 5.69 Å². The maximum atomic E-state index is 11.9. The monoisotopic (exact) mass is 361 g/mol. The number of fused-ring (bicyclic) bond motifs is 2. The van der Waals surface area contributed by atoms with Gasteiger partial charge < -0.3 is 14.6 Å². The van der Waals surface area contributed by atoms with Crippen molar-refractivity contribution >= 4 is 17.5 Å². The van der Waals surface area contributed by atoms with E-state index in [1.54, 1.807) is 20.9 Å².